The van der Waals surface area contributed by atoms with Crippen LogP contribution in [0.3, 0.4) is 0 Å². The van der Waals surface area contributed by atoms with E-state index in [1.807, 2.05) is 27.7 Å². The van der Waals surface area contributed by atoms with E-state index in [2.05, 4.69) is 16.0 Å². The number of hydrogen-bond acceptors (Lipinski definition) is 4. The van der Waals surface area contributed by atoms with Gasteiger partial charge in [-0.05, 0) is 11.8 Å². The molecule has 4 N–H and O–H groups in total. The summed E-state index contributed by atoms with van der Waals surface area (Å²) in [5.74, 6) is -1.58. The summed E-state index contributed by atoms with van der Waals surface area (Å²) in [7, 11) is 0. The van der Waals surface area contributed by atoms with Crippen LogP contribution in [0.1, 0.15) is 34.1 Å². The number of carbonyl (C=O) groups excluding carboxylic acids is 3. The van der Waals surface area contributed by atoms with E-state index in [1.165, 1.54) is 0 Å². The zero-order chi connectivity index (χ0) is 16.2. The molecule has 0 radical (unpaired) electrons. The summed E-state index contributed by atoms with van der Waals surface area (Å²) in [4.78, 5) is 36.6. The molecule has 21 heavy (non-hydrogen) atoms. The van der Waals surface area contributed by atoms with E-state index in [-0.39, 0.29) is 17.7 Å². The number of hydrogen-bond donors (Lipinski definition) is 4. The molecule has 1 fully saturated rings. The molecule has 1 aliphatic heterocycles. The Labute approximate surface area is 124 Å². The maximum atomic E-state index is 12.4. The van der Waals surface area contributed by atoms with Gasteiger partial charge < -0.3 is 21.1 Å². The Morgan fingerprint density at radius 1 is 0.952 bits per heavy atom. The normalized spacial score (nSPS) is 28.9. The predicted molar refractivity (Wildman–Crippen MR) is 77.2 cm³/mol. The summed E-state index contributed by atoms with van der Waals surface area (Å²) in [6, 6.07) is -2.49. The lowest BCUT2D eigenvalue weighted by Gasteiger charge is -2.25. The molecule has 0 aliphatic carbocycles. The van der Waals surface area contributed by atoms with Crippen molar-refractivity contribution >= 4 is 17.7 Å². The molecule has 120 valence electrons. The average Bonchev–Trinajstić information content (AvgIpc) is 2.49. The summed E-state index contributed by atoms with van der Waals surface area (Å²) in [5, 5.41) is 17.1. The van der Waals surface area contributed by atoms with Crippen LogP contribution in [-0.4, -0.2) is 47.6 Å². The van der Waals surface area contributed by atoms with Crippen LogP contribution in [0.5, 0.6) is 0 Å². The van der Waals surface area contributed by atoms with Gasteiger partial charge in [0.25, 0.3) is 0 Å². The van der Waals surface area contributed by atoms with Crippen molar-refractivity contribution in [1.82, 2.24) is 16.0 Å². The Morgan fingerprint density at radius 2 is 1.48 bits per heavy atom. The Hall–Kier alpha value is -1.63. The Kier molecular flexibility index (Phi) is 6.14. The molecule has 0 aromatic heterocycles. The fraction of sp³-hybridized carbons (Fsp3) is 0.786. The zero-order valence-electron chi connectivity index (χ0n) is 13.0. The lowest BCUT2D eigenvalue weighted by atomic mass is 9.97. The highest BCUT2D eigenvalue weighted by Crippen LogP contribution is 2.12. The number of aliphatic hydroxyl groups is 1. The molecule has 1 aliphatic rings. The van der Waals surface area contributed by atoms with Crippen molar-refractivity contribution in [3.05, 3.63) is 0 Å². The number of rotatable bonds is 4. The van der Waals surface area contributed by atoms with Gasteiger partial charge in [-0.15, -0.1) is 0 Å². The van der Waals surface area contributed by atoms with Crippen LogP contribution in [0, 0.1) is 11.8 Å². The molecule has 0 bridgehead atoms. The van der Waals surface area contributed by atoms with Gasteiger partial charge in [0.05, 0.1) is 6.61 Å². The fourth-order valence-corrected chi connectivity index (χ4v) is 2.19. The van der Waals surface area contributed by atoms with Gasteiger partial charge in [-0.1, -0.05) is 34.1 Å². The van der Waals surface area contributed by atoms with Crippen LogP contribution in [0.25, 0.3) is 0 Å². The van der Waals surface area contributed by atoms with Gasteiger partial charge >= 0.3 is 0 Å². The van der Waals surface area contributed by atoms with E-state index in [0.29, 0.717) is 6.42 Å². The van der Waals surface area contributed by atoms with Crippen molar-refractivity contribution in [3.8, 4) is 0 Å². The predicted octanol–water partition coefficient (Wildman–Crippen LogP) is -0.851. The second kappa shape index (κ2) is 7.40. The van der Waals surface area contributed by atoms with Gasteiger partial charge in [0.15, 0.2) is 0 Å². The van der Waals surface area contributed by atoms with Crippen LogP contribution >= 0.6 is 0 Å². The topological polar surface area (TPSA) is 108 Å². The van der Waals surface area contributed by atoms with Crippen LogP contribution in [0.4, 0.5) is 0 Å². The summed E-state index contributed by atoms with van der Waals surface area (Å²) in [6.07, 6.45) is 0.704. The lowest BCUT2D eigenvalue weighted by Crippen LogP contribution is -2.54. The van der Waals surface area contributed by atoms with E-state index in [1.54, 1.807) is 0 Å². The molecule has 1 heterocycles. The summed E-state index contributed by atoms with van der Waals surface area (Å²) in [6.45, 7) is 6.89. The van der Waals surface area contributed by atoms with Gasteiger partial charge in [0.2, 0.25) is 17.7 Å². The molecule has 0 spiro atoms. The van der Waals surface area contributed by atoms with Crippen molar-refractivity contribution in [2.75, 3.05) is 6.61 Å². The van der Waals surface area contributed by atoms with E-state index in [0.717, 1.165) is 0 Å². The SMILES string of the molecule is CCC(C)C1NC(=O)C(CO)NC(=O)C(C(C)C)NC1=O. The van der Waals surface area contributed by atoms with Gasteiger partial charge in [-0.3, -0.25) is 14.4 Å². The van der Waals surface area contributed by atoms with Gasteiger partial charge in [-0.2, -0.15) is 0 Å². The monoisotopic (exact) mass is 299 g/mol. The second-order valence-corrected chi connectivity index (χ2v) is 5.85. The maximum absolute atomic E-state index is 12.4. The smallest absolute Gasteiger partial charge is 0.245 e. The largest absolute Gasteiger partial charge is 0.394 e. The van der Waals surface area contributed by atoms with Crippen LogP contribution < -0.4 is 16.0 Å². The van der Waals surface area contributed by atoms with Crippen molar-refractivity contribution in [1.29, 1.82) is 0 Å². The Bertz CT molecular complexity index is 411. The summed E-state index contributed by atoms with van der Waals surface area (Å²) < 4.78 is 0. The van der Waals surface area contributed by atoms with Crippen molar-refractivity contribution in [2.24, 2.45) is 11.8 Å². The first-order chi connectivity index (χ1) is 9.81. The highest BCUT2D eigenvalue weighted by atomic mass is 16.3. The number of nitrogens with one attached hydrogen (secondary N) is 3. The zero-order valence-corrected chi connectivity index (χ0v) is 13.0. The van der Waals surface area contributed by atoms with E-state index in [4.69, 9.17) is 0 Å². The van der Waals surface area contributed by atoms with Crippen molar-refractivity contribution < 1.29 is 19.5 Å². The molecule has 0 aromatic carbocycles. The van der Waals surface area contributed by atoms with Crippen LogP contribution in [0.2, 0.25) is 0 Å². The molecule has 4 atom stereocenters. The summed E-state index contributed by atoms with van der Waals surface area (Å²) >= 11 is 0. The Morgan fingerprint density at radius 3 is 1.95 bits per heavy atom. The molecule has 7 nitrogen and oxygen atoms in total. The minimum atomic E-state index is -1.04. The number of amides is 3. The minimum absolute atomic E-state index is 0.0747. The molecule has 3 amide bonds. The third kappa shape index (κ3) is 4.17. The first kappa shape index (κ1) is 17.4. The molecular weight excluding hydrogens is 274 g/mol. The van der Waals surface area contributed by atoms with Crippen LogP contribution in [-0.2, 0) is 14.4 Å². The molecule has 0 saturated carbocycles. The van der Waals surface area contributed by atoms with Gasteiger partial charge in [0, 0.05) is 0 Å². The van der Waals surface area contributed by atoms with Crippen molar-refractivity contribution in [3.63, 3.8) is 0 Å². The third-order valence-corrected chi connectivity index (χ3v) is 3.86. The van der Waals surface area contributed by atoms with Crippen LogP contribution in [0.15, 0.2) is 0 Å². The first-order valence-corrected chi connectivity index (χ1v) is 7.33. The van der Waals surface area contributed by atoms with Gasteiger partial charge in [-0.25, -0.2) is 0 Å². The minimum Gasteiger partial charge on any atom is -0.394 e. The van der Waals surface area contributed by atoms with E-state index < -0.39 is 36.5 Å². The fourth-order valence-electron chi connectivity index (χ4n) is 2.19. The average molecular weight is 299 g/mol. The quantitative estimate of drug-likeness (QED) is 0.542. The summed E-state index contributed by atoms with van der Waals surface area (Å²) in [5.41, 5.74) is 0. The maximum Gasteiger partial charge on any atom is 0.245 e. The molecule has 1 rings (SSSR count). The second-order valence-electron chi connectivity index (χ2n) is 5.85. The van der Waals surface area contributed by atoms with E-state index in [9.17, 15) is 19.5 Å². The van der Waals surface area contributed by atoms with Gasteiger partial charge in [0.1, 0.15) is 18.1 Å². The van der Waals surface area contributed by atoms with Crippen molar-refractivity contribution in [2.45, 2.75) is 52.2 Å². The highest BCUT2D eigenvalue weighted by molar-refractivity contribution is 5.97. The number of carbonyl (C=O) groups is 3. The third-order valence-electron chi connectivity index (χ3n) is 3.86. The highest BCUT2D eigenvalue weighted by Gasteiger charge is 2.36. The molecular formula is C14H25N3O4. The molecule has 1 saturated heterocycles. The van der Waals surface area contributed by atoms with E-state index >= 15 is 0 Å². The molecule has 7 heteroatoms. The number of aliphatic hydroxyl groups excluding tert-OH is 1. The molecule has 0 aromatic rings. The standard InChI is InChI=1S/C14H25N3O4/c1-5-8(4)11-14(21)16-10(7(2)3)13(20)15-9(6-18)12(19)17-11/h7-11,18H,5-6H2,1-4H3,(H,15,20)(H,16,21)(H,17,19). The first-order valence-electron chi connectivity index (χ1n) is 7.33. The lowest BCUT2D eigenvalue weighted by molar-refractivity contribution is -0.131. The molecule has 4 unspecified atom stereocenters. The Balaban J connectivity index is 3.11.